The van der Waals surface area contributed by atoms with Crippen LogP contribution in [-0.4, -0.2) is 54.4 Å². The van der Waals surface area contributed by atoms with E-state index in [2.05, 4.69) is 5.32 Å². The number of hydrogen-bond acceptors (Lipinski definition) is 3. The molecule has 0 aromatic heterocycles. The summed E-state index contributed by atoms with van der Waals surface area (Å²) in [4.78, 5) is 24.0. The molecule has 1 aliphatic heterocycles. The lowest BCUT2D eigenvalue weighted by atomic mass is 10.2. The van der Waals surface area contributed by atoms with Crippen molar-refractivity contribution in [2.45, 2.75) is 25.3 Å². The van der Waals surface area contributed by atoms with E-state index in [4.69, 9.17) is 9.84 Å². The van der Waals surface area contributed by atoms with Crippen molar-refractivity contribution in [2.75, 3.05) is 26.3 Å². The van der Waals surface area contributed by atoms with Gasteiger partial charge in [-0.25, -0.2) is 4.79 Å². The van der Waals surface area contributed by atoms with Gasteiger partial charge in [0.25, 0.3) is 0 Å². The fourth-order valence-corrected chi connectivity index (χ4v) is 1.91. The van der Waals surface area contributed by atoms with Gasteiger partial charge in [0.2, 0.25) is 0 Å². The molecule has 2 rings (SSSR count). The molecule has 17 heavy (non-hydrogen) atoms. The Balaban J connectivity index is 1.83. The molecule has 2 amide bonds. The lowest BCUT2D eigenvalue weighted by molar-refractivity contribution is -0.137. The molecule has 0 aromatic carbocycles. The highest BCUT2D eigenvalue weighted by molar-refractivity contribution is 5.80. The van der Waals surface area contributed by atoms with Gasteiger partial charge in [-0.2, -0.15) is 0 Å². The topological polar surface area (TPSA) is 78.9 Å². The zero-order valence-corrected chi connectivity index (χ0v) is 9.72. The van der Waals surface area contributed by atoms with E-state index < -0.39 is 5.97 Å². The van der Waals surface area contributed by atoms with Gasteiger partial charge in [0, 0.05) is 13.2 Å². The molecule has 2 aliphatic rings. The lowest BCUT2D eigenvalue weighted by Gasteiger charge is -2.23. The number of carbonyl (C=O) groups excluding carboxylic acids is 1. The van der Waals surface area contributed by atoms with Crippen molar-refractivity contribution in [2.24, 2.45) is 5.92 Å². The first-order chi connectivity index (χ1) is 8.15. The maximum atomic E-state index is 11.9. The quantitative estimate of drug-likeness (QED) is 0.726. The Bertz CT molecular complexity index is 298. The summed E-state index contributed by atoms with van der Waals surface area (Å²) in [6.45, 7) is 1.50. The van der Waals surface area contributed by atoms with E-state index in [-0.39, 0.29) is 18.6 Å². The van der Waals surface area contributed by atoms with Crippen LogP contribution in [0.25, 0.3) is 0 Å². The zero-order valence-electron chi connectivity index (χ0n) is 9.72. The fourth-order valence-electron chi connectivity index (χ4n) is 1.91. The minimum absolute atomic E-state index is 0.0259. The van der Waals surface area contributed by atoms with E-state index in [1.54, 1.807) is 0 Å². The Morgan fingerprint density at radius 2 is 2.12 bits per heavy atom. The van der Waals surface area contributed by atoms with E-state index >= 15 is 0 Å². The molecule has 1 heterocycles. The molecule has 0 radical (unpaired) electrons. The third-order valence-corrected chi connectivity index (χ3v) is 3.05. The SMILES string of the molecule is O=C(O)CN(CC1CC1)C(=O)NC1CCOC1. The summed E-state index contributed by atoms with van der Waals surface area (Å²) in [6, 6.07) is -0.257. The predicted molar refractivity (Wildman–Crippen MR) is 59.7 cm³/mol. The summed E-state index contributed by atoms with van der Waals surface area (Å²) in [5, 5.41) is 11.6. The second-order valence-electron chi connectivity index (χ2n) is 4.73. The average Bonchev–Trinajstić information content (AvgIpc) is 2.92. The number of amides is 2. The van der Waals surface area contributed by atoms with Crippen molar-refractivity contribution in [1.82, 2.24) is 10.2 Å². The summed E-state index contributed by atoms with van der Waals surface area (Å²) in [6.07, 6.45) is 2.99. The predicted octanol–water partition coefficient (Wildman–Crippen LogP) is 0.281. The van der Waals surface area contributed by atoms with Crippen molar-refractivity contribution < 1.29 is 19.4 Å². The summed E-state index contributed by atoms with van der Waals surface area (Å²) >= 11 is 0. The summed E-state index contributed by atoms with van der Waals surface area (Å²) in [5.41, 5.74) is 0. The second kappa shape index (κ2) is 5.35. The van der Waals surface area contributed by atoms with Gasteiger partial charge in [-0.1, -0.05) is 0 Å². The molecule has 0 spiro atoms. The van der Waals surface area contributed by atoms with Crippen LogP contribution in [0.3, 0.4) is 0 Å². The third kappa shape index (κ3) is 3.89. The Morgan fingerprint density at radius 1 is 1.35 bits per heavy atom. The van der Waals surface area contributed by atoms with Crippen LogP contribution in [-0.2, 0) is 9.53 Å². The van der Waals surface area contributed by atoms with Crippen LogP contribution in [0.4, 0.5) is 4.79 Å². The van der Waals surface area contributed by atoms with Gasteiger partial charge >= 0.3 is 12.0 Å². The number of rotatable bonds is 5. The van der Waals surface area contributed by atoms with Crippen LogP contribution in [0.1, 0.15) is 19.3 Å². The van der Waals surface area contributed by atoms with Crippen LogP contribution in [0.2, 0.25) is 0 Å². The van der Waals surface area contributed by atoms with E-state index in [0.717, 1.165) is 19.3 Å². The minimum atomic E-state index is -0.969. The third-order valence-electron chi connectivity index (χ3n) is 3.05. The van der Waals surface area contributed by atoms with E-state index in [0.29, 0.717) is 25.7 Å². The number of aliphatic carboxylic acids is 1. The molecule has 1 saturated carbocycles. The molecular formula is C11H18N2O4. The molecule has 0 bridgehead atoms. The van der Waals surface area contributed by atoms with Gasteiger partial charge in [-0.3, -0.25) is 4.79 Å². The van der Waals surface area contributed by atoms with Crippen LogP contribution < -0.4 is 5.32 Å². The summed E-state index contributed by atoms with van der Waals surface area (Å²) < 4.78 is 5.16. The van der Waals surface area contributed by atoms with Crippen LogP contribution in [0, 0.1) is 5.92 Å². The number of carboxylic acids is 1. The highest BCUT2D eigenvalue weighted by Gasteiger charge is 2.29. The smallest absolute Gasteiger partial charge is 0.323 e. The van der Waals surface area contributed by atoms with Crippen LogP contribution in [0.15, 0.2) is 0 Å². The van der Waals surface area contributed by atoms with Gasteiger partial charge in [0.15, 0.2) is 0 Å². The molecular weight excluding hydrogens is 224 g/mol. The van der Waals surface area contributed by atoms with Crippen molar-refractivity contribution in [3.8, 4) is 0 Å². The molecule has 6 heteroatoms. The maximum Gasteiger partial charge on any atom is 0.323 e. The number of ether oxygens (including phenoxy) is 1. The van der Waals surface area contributed by atoms with Gasteiger partial charge in [-0.05, 0) is 25.2 Å². The van der Waals surface area contributed by atoms with Gasteiger partial charge in [-0.15, -0.1) is 0 Å². The number of carbonyl (C=O) groups is 2. The molecule has 2 N–H and O–H groups in total. The molecule has 1 aliphatic carbocycles. The number of urea groups is 1. The largest absolute Gasteiger partial charge is 0.480 e. The van der Waals surface area contributed by atoms with Crippen molar-refractivity contribution in [3.05, 3.63) is 0 Å². The van der Waals surface area contributed by atoms with Gasteiger partial charge in [0.1, 0.15) is 6.54 Å². The first kappa shape index (κ1) is 12.2. The van der Waals surface area contributed by atoms with E-state index in [1.165, 1.54) is 4.90 Å². The zero-order chi connectivity index (χ0) is 12.3. The number of carboxylic acid groups (broad SMARTS) is 1. The summed E-state index contributed by atoms with van der Waals surface area (Å²) in [5.74, 6) is -0.483. The molecule has 0 aromatic rings. The van der Waals surface area contributed by atoms with Gasteiger partial charge in [0.05, 0.1) is 12.6 Å². The molecule has 1 saturated heterocycles. The highest BCUT2D eigenvalue weighted by Crippen LogP contribution is 2.29. The Morgan fingerprint density at radius 3 is 2.65 bits per heavy atom. The van der Waals surface area contributed by atoms with E-state index in [9.17, 15) is 9.59 Å². The Labute approximate surface area is 99.9 Å². The normalized spacial score (nSPS) is 23.4. The maximum absolute atomic E-state index is 11.9. The first-order valence-corrected chi connectivity index (χ1v) is 6.00. The molecule has 1 atom stereocenters. The molecule has 1 unspecified atom stereocenters. The van der Waals surface area contributed by atoms with Crippen molar-refractivity contribution in [3.63, 3.8) is 0 Å². The van der Waals surface area contributed by atoms with E-state index in [1.807, 2.05) is 0 Å². The second-order valence-corrected chi connectivity index (χ2v) is 4.73. The monoisotopic (exact) mass is 242 g/mol. The van der Waals surface area contributed by atoms with Crippen LogP contribution in [0.5, 0.6) is 0 Å². The fraction of sp³-hybridized carbons (Fsp3) is 0.818. The van der Waals surface area contributed by atoms with Gasteiger partial charge < -0.3 is 20.1 Å². The Hall–Kier alpha value is -1.30. The average molecular weight is 242 g/mol. The lowest BCUT2D eigenvalue weighted by Crippen LogP contribution is -2.47. The number of hydrogen-bond donors (Lipinski definition) is 2. The minimum Gasteiger partial charge on any atom is -0.480 e. The standard InChI is InChI=1S/C11H18N2O4/c14-10(15)6-13(5-8-1-2-8)11(16)12-9-3-4-17-7-9/h8-9H,1-7H2,(H,12,16)(H,14,15). The van der Waals surface area contributed by atoms with Crippen molar-refractivity contribution >= 4 is 12.0 Å². The Kier molecular flexibility index (Phi) is 3.83. The summed E-state index contributed by atoms with van der Waals surface area (Å²) in [7, 11) is 0. The number of nitrogens with one attached hydrogen (secondary N) is 1. The van der Waals surface area contributed by atoms with Crippen LogP contribution >= 0.6 is 0 Å². The molecule has 96 valence electrons. The molecule has 6 nitrogen and oxygen atoms in total. The highest BCUT2D eigenvalue weighted by atomic mass is 16.5. The molecule has 2 fully saturated rings. The number of nitrogens with zero attached hydrogens (tertiary/aromatic N) is 1. The first-order valence-electron chi connectivity index (χ1n) is 6.00. The van der Waals surface area contributed by atoms with Crippen molar-refractivity contribution in [1.29, 1.82) is 0 Å².